The monoisotopic (exact) mass is 274 g/mol. The third-order valence-electron chi connectivity index (χ3n) is 2.60. The molecule has 0 spiro atoms. The van der Waals surface area contributed by atoms with Crippen LogP contribution in [0.5, 0.6) is 0 Å². The Kier molecular flexibility index (Phi) is 4.20. The second-order valence-corrected chi connectivity index (χ2v) is 4.16. The molecule has 0 aliphatic heterocycles. The second kappa shape index (κ2) is 6.06. The Bertz CT molecular complexity index is 654. The first-order valence-electron chi connectivity index (χ1n) is 5.92. The summed E-state index contributed by atoms with van der Waals surface area (Å²) in [6.45, 7) is 0. The molecule has 0 unspecified atom stereocenters. The van der Waals surface area contributed by atoms with Crippen LogP contribution >= 0.6 is 0 Å². The minimum Gasteiger partial charge on any atom is -0.387 e. The summed E-state index contributed by atoms with van der Waals surface area (Å²) in [5.74, 6) is -2.10. The van der Waals surface area contributed by atoms with Crippen molar-refractivity contribution < 1.29 is 13.6 Å². The number of aliphatic imine (C=N–C) groups is 1. The van der Waals surface area contributed by atoms with Crippen LogP contribution in [0.15, 0.2) is 53.5 Å². The first-order chi connectivity index (χ1) is 9.56. The van der Waals surface area contributed by atoms with Crippen molar-refractivity contribution in [2.24, 2.45) is 10.7 Å². The van der Waals surface area contributed by atoms with Gasteiger partial charge in [0.15, 0.2) is 5.78 Å². The summed E-state index contributed by atoms with van der Waals surface area (Å²) in [4.78, 5) is 15.9. The number of para-hydroxylation sites is 1. The predicted octanol–water partition coefficient (Wildman–Crippen LogP) is 3.23. The smallest absolute Gasteiger partial charge is 0.173 e. The maximum absolute atomic E-state index is 13.4. The molecule has 2 rings (SSSR count). The summed E-state index contributed by atoms with van der Waals surface area (Å²) >= 11 is 0. The lowest BCUT2D eigenvalue weighted by Gasteiger charge is -2.03. The molecule has 0 radical (unpaired) electrons. The molecular formula is C15H12F2N2O. The summed E-state index contributed by atoms with van der Waals surface area (Å²) < 4.78 is 26.2. The van der Waals surface area contributed by atoms with Crippen LogP contribution in [0.25, 0.3) is 0 Å². The fourth-order valence-electron chi connectivity index (χ4n) is 1.68. The summed E-state index contributed by atoms with van der Waals surface area (Å²) in [5, 5.41) is 0. The molecule has 0 saturated carbocycles. The van der Waals surface area contributed by atoms with Crippen LogP contribution in [0.1, 0.15) is 16.8 Å². The van der Waals surface area contributed by atoms with Crippen LogP contribution < -0.4 is 5.73 Å². The van der Waals surface area contributed by atoms with Crippen LogP contribution in [0.2, 0.25) is 0 Å². The Hall–Kier alpha value is -2.56. The molecule has 5 heteroatoms. The summed E-state index contributed by atoms with van der Waals surface area (Å²) in [7, 11) is 0. The Labute approximate surface area is 114 Å². The number of Topliss-reactive ketones (excluding diaryl/α,β-unsaturated/α-hetero) is 1. The SMILES string of the molecule is NC(CC(=O)c1ccc(F)cc1F)=Nc1ccccc1. The molecule has 2 aromatic rings. The average Bonchev–Trinajstić information content (AvgIpc) is 2.39. The van der Waals surface area contributed by atoms with Crippen molar-refractivity contribution in [3.05, 3.63) is 65.7 Å². The number of hydrogen-bond acceptors (Lipinski definition) is 2. The number of carbonyl (C=O) groups excluding carboxylic acids is 1. The fraction of sp³-hybridized carbons (Fsp3) is 0.0667. The highest BCUT2D eigenvalue weighted by molar-refractivity contribution is 6.09. The van der Waals surface area contributed by atoms with E-state index in [9.17, 15) is 13.6 Å². The van der Waals surface area contributed by atoms with E-state index in [-0.39, 0.29) is 17.8 Å². The lowest BCUT2D eigenvalue weighted by atomic mass is 10.1. The lowest BCUT2D eigenvalue weighted by molar-refractivity contribution is 0.0996. The van der Waals surface area contributed by atoms with Gasteiger partial charge in [-0.1, -0.05) is 18.2 Å². The molecule has 2 N–H and O–H groups in total. The maximum Gasteiger partial charge on any atom is 0.173 e. The van der Waals surface area contributed by atoms with Crippen LogP contribution in [0.4, 0.5) is 14.5 Å². The number of nitrogens with zero attached hydrogens (tertiary/aromatic N) is 1. The van der Waals surface area contributed by atoms with Gasteiger partial charge in [-0.25, -0.2) is 13.8 Å². The molecule has 0 bridgehead atoms. The van der Waals surface area contributed by atoms with E-state index in [4.69, 9.17) is 5.73 Å². The minimum absolute atomic E-state index is 0.0740. The average molecular weight is 274 g/mol. The van der Waals surface area contributed by atoms with E-state index in [0.717, 1.165) is 12.1 Å². The van der Waals surface area contributed by atoms with E-state index in [1.165, 1.54) is 0 Å². The Morgan fingerprint density at radius 3 is 2.45 bits per heavy atom. The van der Waals surface area contributed by atoms with Crippen LogP contribution in [-0.2, 0) is 0 Å². The van der Waals surface area contributed by atoms with Crippen molar-refractivity contribution in [2.45, 2.75) is 6.42 Å². The van der Waals surface area contributed by atoms with Gasteiger partial charge in [0.2, 0.25) is 0 Å². The van der Waals surface area contributed by atoms with E-state index in [2.05, 4.69) is 4.99 Å². The number of ketones is 1. The van der Waals surface area contributed by atoms with Gasteiger partial charge in [0.25, 0.3) is 0 Å². The largest absolute Gasteiger partial charge is 0.387 e. The topological polar surface area (TPSA) is 55.5 Å². The van der Waals surface area contributed by atoms with Gasteiger partial charge in [-0.15, -0.1) is 0 Å². The van der Waals surface area contributed by atoms with E-state index in [0.29, 0.717) is 11.8 Å². The van der Waals surface area contributed by atoms with Crippen LogP contribution in [-0.4, -0.2) is 11.6 Å². The van der Waals surface area contributed by atoms with Gasteiger partial charge in [-0.05, 0) is 24.3 Å². The molecule has 0 heterocycles. The van der Waals surface area contributed by atoms with Gasteiger partial charge in [0, 0.05) is 6.07 Å². The van der Waals surface area contributed by atoms with Crippen LogP contribution in [0.3, 0.4) is 0 Å². The van der Waals surface area contributed by atoms with E-state index < -0.39 is 17.4 Å². The molecule has 0 aromatic heterocycles. The first-order valence-corrected chi connectivity index (χ1v) is 5.92. The third-order valence-corrected chi connectivity index (χ3v) is 2.60. The Morgan fingerprint density at radius 2 is 1.80 bits per heavy atom. The maximum atomic E-state index is 13.4. The van der Waals surface area contributed by atoms with E-state index in [1.807, 2.05) is 6.07 Å². The zero-order valence-electron chi connectivity index (χ0n) is 10.5. The van der Waals surface area contributed by atoms with Gasteiger partial charge >= 0.3 is 0 Å². The number of carbonyl (C=O) groups is 1. The summed E-state index contributed by atoms with van der Waals surface area (Å²) in [6, 6.07) is 11.7. The summed E-state index contributed by atoms with van der Waals surface area (Å²) in [6.07, 6.45) is -0.225. The zero-order chi connectivity index (χ0) is 14.5. The molecule has 102 valence electrons. The molecule has 0 aliphatic rings. The van der Waals surface area contributed by atoms with Crippen molar-refractivity contribution in [1.29, 1.82) is 0 Å². The number of amidine groups is 1. The highest BCUT2D eigenvalue weighted by atomic mass is 19.1. The van der Waals surface area contributed by atoms with Crippen LogP contribution in [0, 0.1) is 11.6 Å². The Morgan fingerprint density at radius 1 is 1.10 bits per heavy atom. The molecule has 3 nitrogen and oxygen atoms in total. The summed E-state index contributed by atoms with van der Waals surface area (Å²) in [5.41, 5.74) is 6.07. The van der Waals surface area contributed by atoms with E-state index >= 15 is 0 Å². The van der Waals surface area contributed by atoms with Crippen molar-refractivity contribution in [3.8, 4) is 0 Å². The van der Waals surface area contributed by atoms with E-state index in [1.54, 1.807) is 24.3 Å². The van der Waals surface area contributed by atoms with Gasteiger partial charge in [0.05, 0.1) is 17.7 Å². The second-order valence-electron chi connectivity index (χ2n) is 4.16. The number of nitrogens with two attached hydrogens (primary N) is 1. The highest BCUT2D eigenvalue weighted by Crippen LogP contribution is 2.14. The Balaban J connectivity index is 2.13. The minimum atomic E-state index is -0.900. The molecule has 20 heavy (non-hydrogen) atoms. The molecule has 0 aliphatic carbocycles. The molecule has 0 atom stereocenters. The third kappa shape index (κ3) is 3.47. The predicted molar refractivity (Wildman–Crippen MR) is 73.0 cm³/mol. The zero-order valence-corrected chi connectivity index (χ0v) is 10.5. The van der Waals surface area contributed by atoms with Gasteiger partial charge in [-0.2, -0.15) is 0 Å². The number of hydrogen-bond donors (Lipinski definition) is 1. The molecule has 0 fully saturated rings. The number of benzene rings is 2. The first kappa shape index (κ1) is 13.9. The quantitative estimate of drug-likeness (QED) is 0.528. The lowest BCUT2D eigenvalue weighted by Crippen LogP contribution is -2.17. The number of rotatable bonds is 4. The fourth-order valence-corrected chi connectivity index (χ4v) is 1.68. The van der Waals surface area contributed by atoms with Gasteiger partial charge in [-0.3, -0.25) is 4.79 Å². The highest BCUT2D eigenvalue weighted by Gasteiger charge is 2.13. The van der Waals surface area contributed by atoms with Gasteiger partial charge < -0.3 is 5.73 Å². The standard InChI is InChI=1S/C15H12F2N2O/c16-10-6-7-12(13(17)8-10)14(20)9-15(18)19-11-4-2-1-3-5-11/h1-8H,9H2,(H2,18,19). The normalized spacial score (nSPS) is 11.4. The van der Waals surface area contributed by atoms with Crippen molar-refractivity contribution in [1.82, 2.24) is 0 Å². The molecule has 2 aromatic carbocycles. The van der Waals surface area contributed by atoms with Crippen molar-refractivity contribution in [3.63, 3.8) is 0 Å². The van der Waals surface area contributed by atoms with Crippen molar-refractivity contribution in [2.75, 3.05) is 0 Å². The van der Waals surface area contributed by atoms with Crippen molar-refractivity contribution >= 4 is 17.3 Å². The number of halogens is 2. The molecule has 0 saturated heterocycles. The molecular weight excluding hydrogens is 262 g/mol. The van der Waals surface area contributed by atoms with Gasteiger partial charge in [0.1, 0.15) is 17.5 Å². The molecule has 0 amide bonds.